The van der Waals surface area contributed by atoms with Gasteiger partial charge in [0.05, 0.1) is 23.0 Å². The number of carboxylic acid groups (broad SMARTS) is 1. The van der Waals surface area contributed by atoms with Gasteiger partial charge in [-0.25, -0.2) is 8.78 Å². The third-order valence-electron chi connectivity index (χ3n) is 5.83. The summed E-state index contributed by atoms with van der Waals surface area (Å²) in [6.07, 6.45) is 2.20. The average Bonchev–Trinajstić information content (AvgIpc) is 2.75. The fraction of sp³-hybridized carbons (Fsp3) is 0.480. The molecule has 2 N–H and O–H groups in total. The fourth-order valence-corrected chi connectivity index (χ4v) is 4.24. The van der Waals surface area contributed by atoms with E-state index in [2.05, 4.69) is 24.1 Å². The zero-order valence-corrected chi connectivity index (χ0v) is 18.9. The van der Waals surface area contributed by atoms with Gasteiger partial charge in [0.2, 0.25) is 0 Å². The largest absolute Gasteiger partial charge is 0.481 e. The summed E-state index contributed by atoms with van der Waals surface area (Å²) in [6, 6.07) is 9.20. The number of hydrogen-bond acceptors (Lipinski definition) is 4. The molecule has 2 aromatic carbocycles. The van der Waals surface area contributed by atoms with Crippen LogP contribution in [0.1, 0.15) is 51.5 Å². The summed E-state index contributed by atoms with van der Waals surface area (Å²) in [5, 5.41) is 12.7. The number of aliphatic carboxylic acids is 1. The Bertz CT molecular complexity index is 929. The van der Waals surface area contributed by atoms with Crippen molar-refractivity contribution >= 4 is 23.0 Å². The first-order chi connectivity index (χ1) is 15.3. The molecule has 0 aromatic heterocycles. The van der Waals surface area contributed by atoms with E-state index in [0.29, 0.717) is 36.8 Å². The van der Waals surface area contributed by atoms with Crippen molar-refractivity contribution in [1.29, 1.82) is 0 Å². The summed E-state index contributed by atoms with van der Waals surface area (Å²) in [7, 11) is 0. The van der Waals surface area contributed by atoms with Gasteiger partial charge in [-0.2, -0.15) is 0 Å². The first-order valence-electron chi connectivity index (χ1n) is 11.2. The molecule has 1 aliphatic heterocycles. The van der Waals surface area contributed by atoms with Gasteiger partial charge in [0.25, 0.3) is 0 Å². The second-order valence-electron chi connectivity index (χ2n) is 8.71. The minimum absolute atomic E-state index is 0.143. The second-order valence-corrected chi connectivity index (χ2v) is 8.71. The molecule has 3 rings (SSSR count). The number of anilines is 3. The predicted molar refractivity (Wildman–Crippen MR) is 123 cm³/mol. The molecule has 0 bridgehead atoms. The van der Waals surface area contributed by atoms with Crippen LogP contribution in [0.4, 0.5) is 25.8 Å². The smallest absolute Gasteiger partial charge is 0.310 e. The van der Waals surface area contributed by atoms with Crippen molar-refractivity contribution in [1.82, 2.24) is 0 Å². The standard InChI is InChI=1S/C25H32F2N2O3/c1-4-20(25(30)31)17-5-8-24(29(15-16(2)3)19-9-11-32-12-10-19)23(13-17)28-22-7-6-18(26)14-21(22)27/h5-8,13-14,16,19-20,28H,4,9-12,15H2,1-3H3,(H,30,31). The van der Waals surface area contributed by atoms with Gasteiger partial charge >= 0.3 is 5.97 Å². The highest BCUT2D eigenvalue weighted by Gasteiger charge is 2.26. The van der Waals surface area contributed by atoms with Gasteiger partial charge in [0.1, 0.15) is 11.6 Å². The van der Waals surface area contributed by atoms with Crippen molar-refractivity contribution in [3.05, 3.63) is 53.6 Å². The molecule has 1 unspecified atom stereocenters. The van der Waals surface area contributed by atoms with Crippen molar-refractivity contribution in [3.63, 3.8) is 0 Å². The highest BCUT2D eigenvalue weighted by Crippen LogP contribution is 2.36. The van der Waals surface area contributed by atoms with Crippen LogP contribution in [-0.2, 0) is 9.53 Å². The number of carboxylic acids is 1. The van der Waals surface area contributed by atoms with E-state index in [1.807, 2.05) is 19.1 Å². The minimum atomic E-state index is -0.900. The number of carbonyl (C=O) groups is 1. The van der Waals surface area contributed by atoms with Gasteiger partial charge in [-0.1, -0.05) is 26.8 Å². The molecule has 174 valence electrons. The Balaban J connectivity index is 2.08. The minimum Gasteiger partial charge on any atom is -0.481 e. The molecule has 1 atom stereocenters. The number of halogens is 2. The third-order valence-corrected chi connectivity index (χ3v) is 5.83. The van der Waals surface area contributed by atoms with Crippen LogP contribution < -0.4 is 10.2 Å². The lowest BCUT2D eigenvalue weighted by Crippen LogP contribution is -2.42. The Hall–Kier alpha value is -2.67. The van der Waals surface area contributed by atoms with E-state index in [1.54, 1.807) is 6.07 Å². The van der Waals surface area contributed by atoms with E-state index in [4.69, 9.17) is 4.74 Å². The summed E-state index contributed by atoms with van der Waals surface area (Å²) in [5.74, 6) is -2.53. The van der Waals surface area contributed by atoms with Crippen molar-refractivity contribution in [3.8, 4) is 0 Å². The number of hydrogen-bond donors (Lipinski definition) is 2. The van der Waals surface area contributed by atoms with E-state index in [1.165, 1.54) is 12.1 Å². The van der Waals surface area contributed by atoms with Crippen LogP contribution >= 0.6 is 0 Å². The Labute approximate surface area is 188 Å². The number of nitrogens with zero attached hydrogens (tertiary/aromatic N) is 1. The van der Waals surface area contributed by atoms with Crippen LogP contribution in [0.25, 0.3) is 0 Å². The summed E-state index contributed by atoms with van der Waals surface area (Å²) < 4.78 is 33.4. The predicted octanol–water partition coefficient (Wildman–Crippen LogP) is 5.93. The Morgan fingerprint density at radius 1 is 1.16 bits per heavy atom. The van der Waals surface area contributed by atoms with Crippen LogP contribution in [0.5, 0.6) is 0 Å². The molecule has 32 heavy (non-hydrogen) atoms. The highest BCUT2D eigenvalue weighted by atomic mass is 19.1. The molecule has 0 saturated carbocycles. The molecule has 1 fully saturated rings. The van der Waals surface area contributed by atoms with E-state index < -0.39 is 23.5 Å². The number of nitrogens with one attached hydrogen (secondary N) is 1. The first kappa shape index (κ1) is 24.0. The van der Waals surface area contributed by atoms with Crippen LogP contribution in [-0.4, -0.2) is 36.9 Å². The fourth-order valence-electron chi connectivity index (χ4n) is 4.24. The second kappa shape index (κ2) is 10.8. The van der Waals surface area contributed by atoms with Crippen molar-refractivity contribution in [2.45, 2.75) is 52.0 Å². The molecule has 5 nitrogen and oxygen atoms in total. The van der Waals surface area contributed by atoms with Crippen LogP contribution in [0.2, 0.25) is 0 Å². The average molecular weight is 447 g/mol. The molecule has 0 radical (unpaired) electrons. The highest BCUT2D eigenvalue weighted by molar-refractivity contribution is 5.81. The van der Waals surface area contributed by atoms with Crippen molar-refractivity contribution in [2.24, 2.45) is 5.92 Å². The molecule has 1 saturated heterocycles. The number of rotatable bonds is 9. The van der Waals surface area contributed by atoms with Gasteiger partial charge in [-0.15, -0.1) is 0 Å². The van der Waals surface area contributed by atoms with Gasteiger partial charge in [-0.05, 0) is 55.0 Å². The zero-order valence-electron chi connectivity index (χ0n) is 18.9. The lowest BCUT2D eigenvalue weighted by atomic mass is 9.94. The van der Waals surface area contributed by atoms with Crippen molar-refractivity contribution in [2.75, 3.05) is 30.0 Å². The van der Waals surface area contributed by atoms with Crippen molar-refractivity contribution < 1.29 is 23.4 Å². The molecule has 7 heteroatoms. The quantitative estimate of drug-likeness (QED) is 0.500. The van der Waals surface area contributed by atoms with Crippen LogP contribution in [0.15, 0.2) is 36.4 Å². The van der Waals surface area contributed by atoms with Crippen LogP contribution in [0.3, 0.4) is 0 Å². The normalized spacial score (nSPS) is 15.6. The zero-order chi connectivity index (χ0) is 23.3. The Morgan fingerprint density at radius 3 is 2.47 bits per heavy atom. The third kappa shape index (κ3) is 5.76. The monoisotopic (exact) mass is 446 g/mol. The summed E-state index contributed by atoms with van der Waals surface area (Å²) >= 11 is 0. The van der Waals surface area contributed by atoms with Crippen LogP contribution in [0, 0.1) is 17.6 Å². The molecule has 0 aliphatic carbocycles. The number of ether oxygens (including phenoxy) is 1. The molecule has 1 aliphatic rings. The van der Waals surface area contributed by atoms with Gasteiger partial charge < -0.3 is 20.1 Å². The van der Waals surface area contributed by atoms with E-state index in [0.717, 1.165) is 31.1 Å². The topological polar surface area (TPSA) is 61.8 Å². The molecular formula is C25H32F2N2O3. The lowest BCUT2D eigenvalue weighted by Gasteiger charge is -2.38. The Kier molecular flexibility index (Phi) is 8.07. The molecule has 0 amide bonds. The maximum absolute atomic E-state index is 14.5. The molecule has 2 aromatic rings. The van der Waals surface area contributed by atoms with Gasteiger partial charge in [0.15, 0.2) is 0 Å². The molecular weight excluding hydrogens is 414 g/mol. The number of benzene rings is 2. The van der Waals surface area contributed by atoms with Gasteiger partial charge in [-0.3, -0.25) is 4.79 Å². The summed E-state index contributed by atoms with van der Waals surface area (Å²) in [4.78, 5) is 14.1. The van der Waals surface area contributed by atoms with E-state index in [9.17, 15) is 18.7 Å². The molecule has 1 heterocycles. The summed E-state index contributed by atoms with van der Waals surface area (Å²) in [6.45, 7) is 8.27. The Morgan fingerprint density at radius 2 is 1.88 bits per heavy atom. The SMILES string of the molecule is CCC(C(=O)O)c1ccc(N(CC(C)C)C2CCOCC2)c(Nc2ccc(F)cc2F)c1. The lowest BCUT2D eigenvalue weighted by molar-refractivity contribution is -0.138. The van der Waals surface area contributed by atoms with E-state index >= 15 is 0 Å². The maximum atomic E-state index is 14.5. The first-order valence-corrected chi connectivity index (χ1v) is 11.2. The molecule has 0 spiro atoms. The summed E-state index contributed by atoms with van der Waals surface area (Å²) in [5.41, 5.74) is 2.27. The van der Waals surface area contributed by atoms with E-state index in [-0.39, 0.29) is 11.7 Å². The maximum Gasteiger partial charge on any atom is 0.310 e. The van der Waals surface area contributed by atoms with Gasteiger partial charge in [0, 0.05) is 31.9 Å².